The molecule has 1 aliphatic carbocycles. The summed E-state index contributed by atoms with van der Waals surface area (Å²) in [6, 6.07) is 0.706. The monoisotopic (exact) mass is 187 g/mol. The molecule has 1 rings (SSSR count). The Morgan fingerprint density at radius 1 is 1.31 bits per heavy atom. The van der Waals surface area contributed by atoms with Crippen molar-refractivity contribution in [3.63, 3.8) is 0 Å². The maximum Gasteiger partial charge on any atom is 0.0604 e. The summed E-state index contributed by atoms with van der Waals surface area (Å²) in [7, 11) is 1.73. The number of rotatable bonds is 7. The van der Waals surface area contributed by atoms with Gasteiger partial charge in [-0.05, 0) is 25.8 Å². The zero-order chi connectivity index (χ0) is 9.52. The Balaban J connectivity index is 1.84. The Bertz CT molecular complexity index is 124. The van der Waals surface area contributed by atoms with Crippen molar-refractivity contribution in [1.82, 2.24) is 5.32 Å². The lowest BCUT2D eigenvalue weighted by Gasteiger charge is -2.35. The fraction of sp³-hybridized carbons (Fsp3) is 1.00. The molecule has 1 saturated carbocycles. The number of methoxy groups -OCH3 is 1. The van der Waals surface area contributed by atoms with E-state index in [2.05, 4.69) is 12.2 Å². The first-order valence-electron chi connectivity index (χ1n) is 5.20. The summed E-state index contributed by atoms with van der Waals surface area (Å²) in [6.07, 6.45) is 3.88. The highest BCUT2D eigenvalue weighted by molar-refractivity contribution is 4.85. The molecule has 0 radical (unpaired) electrons. The quantitative estimate of drug-likeness (QED) is 0.607. The van der Waals surface area contributed by atoms with Gasteiger partial charge in [-0.2, -0.15) is 0 Å². The molecule has 0 saturated heterocycles. The van der Waals surface area contributed by atoms with E-state index in [1.54, 1.807) is 7.11 Å². The van der Waals surface area contributed by atoms with Gasteiger partial charge < -0.3 is 14.8 Å². The highest BCUT2D eigenvalue weighted by Crippen LogP contribution is 2.23. The second-order valence-corrected chi connectivity index (χ2v) is 3.57. The summed E-state index contributed by atoms with van der Waals surface area (Å²) in [6.45, 7) is 4.87. The first-order chi connectivity index (χ1) is 6.36. The predicted molar refractivity (Wildman–Crippen MR) is 52.9 cm³/mol. The van der Waals surface area contributed by atoms with Crippen molar-refractivity contribution in [3.8, 4) is 0 Å². The molecule has 0 aromatic rings. The second-order valence-electron chi connectivity index (χ2n) is 3.57. The van der Waals surface area contributed by atoms with Crippen molar-refractivity contribution in [3.05, 3.63) is 0 Å². The van der Waals surface area contributed by atoms with Gasteiger partial charge in [-0.1, -0.05) is 6.92 Å². The molecule has 0 bridgehead atoms. The van der Waals surface area contributed by atoms with Crippen LogP contribution in [0.1, 0.15) is 26.2 Å². The fourth-order valence-electron chi connectivity index (χ4n) is 1.61. The molecule has 1 N–H and O–H groups in total. The van der Waals surface area contributed by atoms with Crippen LogP contribution in [0.2, 0.25) is 0 Å². The average molecular weight is 187 g/mol. The molecule has 0 aromatic carbocycles. The Kier molecular flexibility index (Phi) is 5.35. The molecule has 13 heavy (non-hydrogen) atoms. The molecular formula is C10H21NO2. The first kappa shape index (κ1) is 11.0. The highest BCUT2D eigenvalue weighted by atomic mass is 16.5. The molecule has 0 spiro atoms. The van der Waals surface area contributed by atoms with Gasteiger partial charge in [0.05, 0.1) is 6.10 Å². The average Bonchev–Trinajstić information content (AvgIpc) is 2.07. The molecule has 3 nitrogen and oxygen atoms in total. The topological polar surface area (TPSA) is 30.5 Å². The van der Waals surface area contributed by atoms with Crippen LogP contribution in [0.4, 0.5) is 0 Å². The Morgan fingerprint density at radius 2 is 2.08 bits per heavy atom. The number of ether oxygens (including phenoxy) is 2. The van der Waals surface area contributed by atoms with E-state index < -0.39 is 0 Å². The van der Waals surface area contributed by atoms with Crippen molar-refractivity contribution in [2.24, 2.45) is 0 Å². The molecule has 0 unspecified atom stereocenters. The van der Waals surface area contributed by atoms with Crippen LogP contribution < -0.4 is 5.32 Å². The van der Waals surface area contributed by atoms with Crippen LogP contribution in [-0.2, 0) is 9.47 Å². The van der Waals surface area contributed by atoms with E-state index in [-0.39, 0.29) is 0 Å². The summed E-state index contributed by atoms with van der Waals surface area (Å²) in [4.78, 5) is 0. The summed E-state index contributed by atoms with van der Waals surface area (Å²) in [5, 5.41) is 3.41. The molecule has 1 aliphatic rings. The highest BCUT2D eigenvalue weighted by Gasteiger charge is 2.28. The van der Waals surface area contributed by atoms with E-state index in [0.29, 0.717) is 12.1 Å². The van der Waals surface area contributed by atoms with E-state index in [4.69, 9.17) is 9.47 Å². The van der Waals surface area contributed by atoms with Crippen LogP contribution in [0.5, 0.6) is 0 Å². The smallest absolute Gasteiger partial charge is 0.0604 e. The maximum absolute atomic E-state index is 5.64. The minimum atomic E-state index is 0.501. The van der Waals surface area contributed by atoms with Gasteiger partial charge in [0.15, 0.2) is 0 Å². The number of hydrogen-bond acceptors (Lipinski definition) is 3. The molecule has 0 heterocycles. The third-order valence-electron chi connectivity index (χ3n) is 2.43. The number of nitrogens with one attached hydrogen (secondary N) is 1. The Hall–Kier alpha value is -0.120. The van der Waals surface area contributed by atoms with Gasteiger partial charge in [0.2, 0.25) is 0 Å². The zero-order valence-corrected chi connectivity index (χ0v) is 8.71. The predicted octanol–water partition coefficient (Wildman–Crippen LogP) is 1.18. The van der Waals surface area contributed by atoms with Crippen LogP contribution in [-0.4, -0.2) is 39.0 Å². The molecule has 0 aromatic heterocycles. The van der Waals surface area contributed by atoms with E-state index in [1.165, 1.54) is 12.8 Å². The van der Waals surface area contributed by atoms with Gasteiger partial charge in [0.1, 0.15) is 0 Å². The van der Waals surface area contributed by atoms with Crippen LogP contribution in [0.25, 0.3) is 0 Å². The fourth-order valence-corrected chi connectivity index (χ4v) is 1.61. The standard InChI is InChI=1S/C10H21NO2/c1-3-11-9-7-10(8-9)13-6-4-5-12-2/h9-11H,3-8H2,1-2H3. The van der Waals surface area contributed by atoms with Crippen LogP contribution in [0.15, 0.2) is 0 Å². The van der Waals surface area contributed by atoms with Gasteiger partial charge in [0, 0.05) is 26.4 Å². The minimum Gasteiger partial charge on any atom is -0.385 e. The van der Waals surface area contributed by atoms with Gasteiger partial charge in [-0.25, -0.2) is 0 Å². The maximum atomic E-state index is 5.64. The van der Waals surface area contributed by atoms with Crippen molar-refractivity contribution in [2.45, 2.75) is 38.3 Å². The summed E-state index contributed by atoms with van der Waals surface area (Å²) >= 11 is 0. The molecular weight excluding hydrogens is 166 g/mol. The van der Waals surface area contributed by atoms with Crippen molar-refractivity contribution >= 4 is 0 Å². The van der Waals surface area contributed by atoms with Crippen LogP contribution in [0.3, 0.4) is 0 Å². The van der Waals surface area contributed by atoms with Crippen molar-refractivity contribution < 1.29 is 9.47 Å². The van der Waals surface area contributed by atoms with Gasteiger partial charge in [-0.3, -0.25) is 0 Å². The lowest BCUT2D eigenvalue weighted by molar-refractivity contribution is -0.0222. The third kappa shape index (κ3) is 4.07. The molecule has 1 fully saturated rings. The summed E-state index contributed by atoms with van der Waals surface area (Å²) < 4.78 is 10.6. The second kappa shape index (κ2) is 6.35. The number of hydrogen-bond donors (Lipinski definition) is 1. The van der Waals surface area contributed by atoms with Gasteiger partial charge in [-0.15, -0.1) is 0 Å². The van der Waals surface area contributed by atoms with Gasteiger partial charge >= 0.3 is 0 Å². The van der Waals surface area contributed by atoms with Crippen molar-refractivity contribution in [2.75, 3.05) is 26.9 Å². The van der Waals surface area contributed by atoms with Crippen molar-refractivity contribution in [1.29, 1.82) is 0 Å². The molecule has 3 heteroatoms. The lowest BCUT2D eigenvalue weighted by Crippen LogP contribution is -2.45. The van der Waals surface area contributed by atoms with E-state index >= 15 is 0 Å². The third-order valence-corrected chi connectivity index (χ3v) is 2.43. The van der Waals surface area contributed by atoms with Gasteiger partial charge in [0.25, 0.3) is 0 Å². The lowest BCUT2D eigenvalue weighted by atomic mass is 9.89. The normalized spacial score (nSPS) is 27.2. The Labute approximate surface area is 80.8 Å². The zero-order valence-electron chi connectivity index (χ0n) is 8.71. The SMILES string of the molecule is CCNC1CC(OCCCOC)C1. The Morgan fingerprint density at radius 3 is 2.69 bits per heavy atom. The molecule has 0 amide bonds. The van der Waals surface area contributed by atoms with E-state index in [0.717, 1.165) is 26.2 Å². The van der Waals surface area contributed by atoms with E-state index in [9.17, 15) is 0 Å². The van der Waals surface area contributed by atoms with E-state index in [1.807, 2.05) is 0 Å². The first-order valence-corrected chi connectivity index (χ1v) is 5.20. The molecule has 0 atom stereocenters. The van der Waals surface area contributed by atoms with Crippen LogP contribution >= 0.6 is 0 Å². The summed E-state index contributed by atoms with van der Waals surface area (Å²) in [5.74, 6) is 0. The largest absolute Gasteiger partial charge is 0.385 e. The molecule has 0 aliphatic heterocycles. The summed E-state index contributed by atoms with van der Waals surface area (Å²) in [5.41, 5.74) is 0. The minimum absolute atomic E-state index is 0.501. The molecule has 78 valence electrons. The van der Waals surface area contributed by atoms with Crippen LogP contribution in [0, 0.1) is 0 Å².